The Kier molecular flexibility index (Phi) is 3.62. The molecule has 7 nitrogen and oxygen atoms in total. The Morgan fingerprint density at radius 2 is 2.18 bits per heavy atom. The molecule has 1 saturated carbocycles. The quantitative estimate of drug-likeness (QED) is 0.900. The number of rotatable bonds is 5. The average molecular weight is 300 g/mol. The molecular formula is C15H16N4O3. The second-order valence-corrected chi connectivity index (χ2v) is 5.31. The molecule has 1 amide bonds. The summed E-state index contributed by atoms with van der Waals surface area (Å²) in [5, 5.41) is 13.3. The molecule has 1 atom stereocenters. The fraction of sp³-hybridized carbons (Fsp3) is 0.333. The minimum Gasteiger partial charge on any atom is -0.480 e. The van der Waals surface area contributed by atoms with Crippen molar-refractivity contribution in [1.29, 1.82) is 0 Å². The highest BCUT2D eigenvalue weighted by Crippen LogP contribution is 2.30. The van der Waals surface area contributed by atoms with Crippen LogP contribution >= 0.6 is 0 Å². The Bertz CT molecular complexity index is 695. The average Bonchev–Trinajstić information content (AvgIpc) is 3.19. The number of nitrogens with zero attached hydrogens (tertiary/aromatic N) is 4. The van der Waals surface area contributed by atoms with Gasteiger partial charge in [-0.2, -0.15) is 5.10 Å². The zero-order valence-corrected chi connectivity index (χ0v) is 12.1. The molecule has 1 N–H and O–H groups in total. The molecule has 2 aromatic heterocycles. The van der Waals surface area contributed by atoms with Gasteiger partial charge in [0.15, 0.2) is 5.82 Å². The summed E-state index contributed by atoms with van der Waals surface area (Å²) in [6.45, 7) is 1.54. The fourth-order valence-corrected chi connectivity index (χ4v) is 2.36. The lowest BCUT2D eigenvalue weighted by Crippen LogP contribution is -2.44. The van der Waals surface area contributed by atoms with Crippen LogP contribution in [0.5, 0.6) is 0 Å². The van der Waals surface area contributed by atoms with Crippen molar-refractivity contribution in [1.82, 2.24) is 19.7 Å². The molecule has 3 rings (SSSR count). The Morgan fingerprint density at radius 1 is 1.41 bits per heavy atom. The second kappa shape index (κ2) is 5.59. The highest BCUT2D eigenvalue weighted by molar-refractivity contribution is 5.97. The van der Waals surface area contributed by atoms with Crippen LogP contribution in [-0.4, -0.2) is 48.7 Å². The van der Waals surface area contributed by atoms with Crippen molar-refractivity contribution in [2.45, 2.75) is 31.8 Å². The molecule has 7 heteroatoms. The van der Waals surface area contributed by atoms with Crippen molar-refractivity contribution in [2.75, 3.05) is 0 Å². The number of amides is 1. The molecule has 1 aliphatic rings. The van der Waals surface area contributed by atoms with Crippen molar-refractivity contribution in [3.8, 4) is 5.82 Å². The lowest BCUT2D eigenvalue weighted by Gasteiger charge is -2.26. The van der Waals surface area contributed by atoms with E-state index in [1.807, 2.05) is 0 Å². The van der Waals surface area contributed by atoms with Gasteiger partial charge >= 0.3 is 5.97 Å². The SMILES string of the molecule is CC(C(=O)O)N(C(=O)c1ccnc(-n2cccn2)c1)C1CC1. The van der Waals surface area contributed by atoms with Crippen molar-refractivity contribution >= 4 is 11.9 Å². The molecular weight excluding hydrogens is 284 g/mol. The molecule has 0 saturated heterocycles. The smallest absolute Gasteiger partial charge is 0.326 e. The summed E-state index contributed by atoms with van der Waals surface area (Å²) in [5.41, 5.74) is 0.417. The number of pyridine rings is 1. The van der Waals surface area contributed by atoms with E-state index in [4.69, 9.17) is 0 Å². The van der Waals surface area contributed by atoms with Gasteiger partial charge in [0.25, 0.3) is 5.91 Å². The van der Waals surface area contributed by atoms with E-state index < -0.39 is 12.0 Å². The predicted molar refractivity (Wildman–Crippen MR) is 77.6 cm³/mol. The number of carboxylic acids is 1. The Balaban J connectivity index is 1.90. The van der Waals surface area contributed by atoms with Crippen LogP contribution in [0.15, 0.2) is 36.8 Å². The van der Waals surface area contributed by atoms with Crippen LogP contribution in [0, 0.1) is 0 Å². The van der Waals surface area contributed by atoms with E-state index in [-0.39, 0.29) is 11.9 Å². The first-order chi connectivity index (χ1) is 10.6. The van der Waals surface area contributed by atoms with Crippen molar-refractivity contribution in [3.63, 3.8) is 0 Å². The van der Waals surface area contributed by atoms with E-state index in [1.165, 1.54) is 18.0 Å². The minimum atomic E-state index is -0.999. The van der Waals surface area contributed by atoms with Gasteiger partial charge in [-0.1, -0.05) is 0 Å². The van der Waals surface area contributed by atoms with Gasteiger partial charge in [0, 0.05) is 30.2 Å². The zero-order chi connectivity index (χ0) is 15.7. The highest BCUT2D eigenvalue weighted by atomic mass is 16.4. The predicted octanol–water partition coefficient (Wildman–Crippen LogP) is 1.35. The monoisotopic (exact) mass is 300 g/mol. The summed E-state index contributed by atoms with van der Waals surface area (Å²) in [7, 11) is 0. The third-order valence-electron chi connectivity index (χ3n) is 3.68. The first kappa shape index (κ1) is 14.2. The molecule has 0 radical (unpaired) electrons. The summed E-state index contributed by atoms with van der Waals surface area (Å²) >= 11 is 0. The van der Waals surface area contributed by atoms with Crippen LogP contribution < -0.4 is 0 Å². The normalized spacial score (nSPS) is 15.3. The van der Waals surface area contributed by atoms with Gasteiger partial charge in [0.1, 0.15) is 6.04 Å². The van der Waals surface area contributed by atoms with E-state index in [1.54, 1.807) is 35.3 Å². The number of carbonyl (C=O) groups excluding carboxylic acids is 1. The van der Waals surface area contributed by atoms with Crippen molar-refractivity contribution in [2.24, 2.45) is 0 Å². The summed E-state index contributed by atoms with van der Waals surface area (Å²) in [5.74, 6) is -0.760. The largest absolute Gasteiger partial charge is 0.480 e. The third-order valence-corrected chi connectivity index (χ3v) is 3.68. The number of hydrogen-bond donors (Lipinski definition) is 1. The van der Waals surface area contributed by atoms with Gasteiger partial charge < -0.3 is 10.0 Å². The van der Waals surface area contributed by atoms with Gasteiger partial charge in [0.05, 0.1) is 0 Å². The summed E-state index contributed by atoms with van der Waals surface area (Å²) in [6.07, 6.45) is 6.58. The number of aliphatic carboxylic acids is 1. The first-order valence-corrected chi connectivity index (χ1v) is 7.09. The second-order valence-electron chi connectivity index (χ2n) is 5.31. The maximum atomic E-state index is 12.7. The maximum absolute atomic E-state index is 12.7. The highest BCUT2D eigenvalue weighted by Gasteiger charge is 2.38. The van der Waals surface area contributed by atoms with Gasteiger partial charge in [-0.25, -0.2) is 14.5 Å². The zero-order valence-electron chi connectivity index (χ0n) is 12.1. The molecule has 2 aromatic rings. The molecule has 0 spiro atoms. The van der Waals surface area contributed by atoms with E-state index in [0.717, 1.165) is 12.8 Å². The molecule has 2 heterocycles. The van der Waals surface area contributed by atoms with Gasteiger partial charge in [-0.15, -0.1) is 0 Å². The Morgan fingerprint density at radius 3 is 2.77 bits per heavy atom. The van der Waals surface area contributed by atoms with E-state index in [0.29, 0.717) is 11.4 Å². The van der Waals surface area contributed by atoms with Crippen LogP contribution in [0.1, 0.15) is 30.1 Å². The van der Waals surface area contributed by atoms with Crippen LogP contribution in [0.4, 0.5) is 0 Å². The Labute approximate surface area is 127 Å². The van der Waals surface area contributed by atoms with E-state index in [2.05, 4.69) is 10.1 Å². The third kappa shape index (κ3) is 2.69. The summed E-state index contributed by atoms with van der Waals surface area (Å²) < 4.78 is 1.55. The first-order valence-electron chi connectivity index (χ1n) is 7.09. The van der Waals surface area contributed by atoms with Crippen molar-refractivity contribution in [3.05, 3.63) is 42.4 Å². The minimum absolute atomic E-state index is 0.0138. The van der Waals surface area contributed by atoms with Crippen LogP contribution in [0.3, 0.4) is 0 Å². The standard InChI is InChI=1S/C15H16N4O3/c1-10(15(21)22)19(12-3-4-12)14(20)11-5-7-16-13(9-11)18-8-2-6-17-18/h2,5-10,12H,3-4H2,1H3,(H,21,22). The molecule has 0 aromatic carbocycles. The van der Waals surface area contributed by atoms with Crippen molar-refractivity contribution < 1.29 is 14.7 Å². The lowest BCUT2D eigenvalue weighted by molar-refractivity contribution is -0.141. The number of carboxylic acid groups (broad SMARTS) is 1. The molecule has 114 valence electrons. The molecule has 1 fully saturated rings. The molecule has 0 bridgehead atoms. The molecule has 22 heavy (non-hydrogen) atoms. The Hall–Kier alpha value is -2.70. The lowest BCUT2D eigenvalue weighted by atomic mass is 10.2. The van der Waals surface area contributed by atoms with Gasteiger partial charge in [0.2, 0.25) is 0 Å². The number of carbonyl (C=O) groups is 2. The number of aromatic nitrogens is 3. The van der Waals surface area contributed by atoms with Crippen LogP contribution in [0.25, 0.3) is 5.82 Å². The molecule has 1 aliphatic carbocycles. The van der Waals surface area contributed by atoms with Gasteiger partial charge in [-0.05, 0) is 38.0 Å². The van der Waals surface area contributed by atoms with E-state index in [9.17, 15) is 14.7 Å². The van der Waals surface area contributed by atoms with E-state index >= 15 is 0 Å². The van der Waals surface area contributed by atoms with Crippen LogP contribution in [-0.2, 0) is 4.79 Å². The fourth-order valence-electron chi connectivity index (χ4n) is 2.36. The molecule has 1 unspecified atom stereocenters. The van der Waals surface area contributed by atoms with Crippen LogP contribution in [0.2, 0.25) is 0 Å². The topological polar surface area (TPSA) is 88.3 Å². The molecule has 0 aliphatic heterocycles. The maximum Gasteiger partial charge on any atom is 0.326 e. The summed E-state index contributed by atoms with van der Waals surface area (Å²) in [4.78, 5) is 29.6. The number of hydrogen-bond acceptors (Lipinski definition) is 4. The summed E-state index contributed by atoms with van der Waals surface area (Å²) in [6, 6.07) is 4.15. The van der Waals surface area contributed by atoms with Gasteiger partial charge in [-0.3, -0.25) is 4.79 Å².